The summed E-state index contributed by atoms with van der Waals surface area (Å²) < 4.78 is 4.71. The first kappa shape index (κ1) is 23.4. The monoisotopic (exact) mass is 404 g/mol. The fourth-order valence-corrected chi connectivity index (χ4v) is 4.00. The molecule has 0 aromatic heterocycles. The van der Waals surface area contributed by atoms with Gasteiger partial charge in [-0.3, -0.25) is 4.79 Å². The summed E-state index contributed by atoms with van der Waals surface area (Å²) in [5, 5.41) is 13.3. The SMILES string of the molecule is COC(=O)c1ccc(CNCC[C@H]2CCC(=O)N2[C@H](C)CCCC(C)(C)O)cc1. The van der Waals surface area contributed by atoms with Crippen molar-refractivity contribution in [2.45, 2.75) is 83.5 Å². The fourth-order valence-electron chi connectivity index (χ4n) is 4.00. The molecule has 0 bridgehead atoms. The van der Waals surface area contributed by atoms with Crippen LogP contribution in [0.5, 0.6) is 0 Å². The highest BCUT2D eigenvalue weighted by Crippen LogP contribution is 2.26. The number of methoxy groups -OCH3 is 1. The van der Waals surface area contributed by atoms with Crippen molar-refractivity contribution in [1.82, 2.24) is 10.2 Å². The molecule has 0 unspecified atom stereocenters. The lowest BCUT2D eigenvalue weighted by molar-refractivity contribution is -0.131. The van der Waals surface area contributed by atoms with Crippen molar-refractivity contribution in [3.63, 3.8) is 0 Å². The molecule has 1 aliphatic rings. The Balaban J connectivity index is 1.75. The van der Waals surface area contributed by atoms with E-state index >= 15 is 0 Å². The van der Waals surface area contributed by atoms with Gasteiger partial charge in [0.25, 0.3) is 0 Å². The van der Waals surface area contributed by atoms with E-state index in [0.717, 1.165) is 50.8 Å². The fraction of sp³-hybridized carbons (Fsp3) is 0.652. The predicted molar refractivity (Wildman–Crippen MR) is 114 cm³/mol. The molecule has 6 nitrogen and oxygen atoms in total. The van der Waals surface area contributed by atoms with Crippen LogP contribution < -0.4 is 5.32 Å². The highest BCUT2D eigenvalue weighted by atomic mass is 16.5. The average Bonchev–Trinajstić information content (AvgIpc) is 3.04. The summed E-state index contributed by atoms with van der Waals surface area (Å²) in [5.74, 6) is -0.0728. The number of hydrogen-bond donors (Lipinski definition) is 2. The first-order valence-corrected chi connectivity index (χ1v) is 10.6. The molecule has 1 aromatic rings. The minimum atomic E-state index is -0.646. The largest absolute Gasteiger partial charge is 0.465 e. The first-order chi connectivity index (χ1) is 13.7. The molecule has 1 heterocycles. The second kappa shape index (κ2) is 10.7. The lowest BCUT2D eigenvalue weighted by Crippen LogP contribution is -2.41. The van der Waals surface area contributed by atoms with E-state index in [-0.39, 0.29) is 24.0 Å². The number of carbonyl (C=O) groups is 2. The van der Waals surface area contributed by atoms with E-state index in [1.54, 1.807) is 12.1 Å². The highest BCUT2D eigenvalue weighted by Gasteiger charge is 2.33. The van der Waals surface area contributed by atoms with Gasteiger partial charge in [0, 0.05) is 25.0 Å². The van der Waals surface area contributed by atoms with Crippen molar-refractivity contribution in [3.8, 4) is 0 Å². The topological polar surface area (TPSA) is 78.9 Å². The third-order valence-electron chi connectivity index (χ3n) is 5.62. The molecule has 2 rings (SSSR count). The number of benzene rings is 1. The van der Waals surface area contributed by atoms with E-state index in [2.05, 4.69) is 17.1 Å². The summed E-state index contributed by atoms with van der Waals surface area (Å²) in [6.45, 7) is 7.34. The van der Waals surface area contributed by atoms with Crippen LogP contribution in [-0.2, 0) is 16.1 Å². The molecule has 1 amide bonds. The molecule has 6 heteroatoms. The minimum Gasteiger partial charge on any atom is -0.465 e. The second-order valence-corrected chi connectivity index (χ2v) is 8.70. The summed E-state index contributed by atoms with van der Waals surface area (Å²) in [6, 6.07) is 7.90. The summed E-state index contributed by atoms with van der Waals surface area (Å²) in [5.41, 5.74) is 1.01. The van der Waals surface area contributed by atoms with Crippen molar-refractivity contribution in [2.24, 2.45) is 0 Å². The van der Waals surface area contributed by atoms with Crippen LogP contribution in [-0.4, -0.2) is 53.2 Å². The molecule has 1 saturated heterocycles. The van der Waals surface area contributed by atoms with Gasteiger partial charge in [-0.25, -0.2) is 4.79 Å². The predicted octanol–water partition coefficient (Wildman–Crippen LogP) is 3.27. The molecule has 162 valence electrons. The van der Waals surface area contributed by atoms with Crippen molar-refractivity contribution in [2.75, 3.05) is 13.7 Å². The number of ether oxygens (including phenoxy) is 1. The van der Waals surface area contributed by atoms with Gasteiger partial charge in [0.05, 0.1) is 18.3 Å². The third kappa shape index (κ3) is 7.44. The zero-order chi connectivity index (χ0) is 21.4. The zero-order valence-corrected chi connectivity index (χ0v) is 18.2. The number of esters is 1. The smallest absolute Gasteiger partial charge is 0.337 e. The number of nitrogens with one attached hydrogen (secondary N) is 1. The van der Waals surface area contributed by atoms with Gasteiger partial charge in [0.15, 0.2) is 0 Å². The maximum absolute atomic E-state index is 12.4. The molecule has 0 aliphatic carbocycles. The molecule has 29 heavy (non-hydrogen) atoms. The Hall–Kier alpha value is -1.92. The molecule has 1 aromatic carbocycles. The minimum absolute atomic E-state index is 0.211. The zero-order valence-electron chi connectivity index (χ0n) is 18.2. The molecule has 0 spiro atoms. The number of aliphatic hydroxyl groups is 1. The number of hydrogen-bond acceptors (Lipinski definition) is 5. The molecule has 0 saturated carbocycles. The first-order valence-electron chi connectivity index (χ1n) is 10.6. The molecule has 2 N–H and O–H groups in total. The van der Waals surface area contributed by atoms with Crippen molar-refractivity contribution in [3.05, 3.63) is 35.4 Å². The van der Waals surface area contributed by atoms with Crippen molar-refractivity contribution in [1.29, 1.82) is 0 Å². The summed E-state index contributed by atoms with van der Waals surface area (Å²) in [7, 11) is 1.38. The van der Waals surface area contributed by atoms with Gasteiger partial charge in [0.1, 0.15) is 0 Å². The summed E-state index contributed by atoms with van der Waals surface area (Å²) >= 11 is 0. The normalized spacial score (nSPS) is 18.2. The number of likely N-dealkylation sites (tertiary alicyclic amines) is 1. The van der Waals surface area contributed by atoms with Crippen molar-refractivity contribution < 1.29 is 19.4 Å². The van der Waals surface area contributed by atoms with E-state index in [0.29, 0.717) is 12.0 Å². The van der Waals surface area contributed by atoms with E-state index < -0.39 is 5.60 Å². The Morgan fingerprint density at radius 3 is 2.66 bits per heavy atom. The van der Waals surface area contributed by atoms with Gasteiger partial charge in [-0.1, -0.05) is 12.1 Å². The van der Waals surface area contributed by atoms with Crippen LogP contribution in [0, 0.1) is 0 Å². The Morgan fingerprint density at radius 1 is 1.34 bits per heavy atom. The lowest BCUT2D eigenvalue weighted by Gasteiger charge is -2.32. The quantitative estimate of drug-likeness (QED) is 0.437. The highest BCUT2D eigenvalue weighted by molar-refractivity contribution is 5.89. The van der Waals surface area contributed by atoms with Gasteiger partial charge in [-0.2, -0.15) is 0 Å². The van der Waals surface area contributed by atoms with Crippen molar-refractivity contribution >= 4 is 11.9 Å². The van der Waals surface area contributed by atoms with E-state index in [9.17, 15) is 14.7 Å². The Bertz CT molecular complexity index is 666. The van der Waals surface area contributed by atoms with Gasteiger partial charge in [-0.05, 0) is 77.1 Å². The van der Waals surface area contributed by atoms with E-state index in [1.165, 1.54) is 7.11 Å². The van der Waals surface area contributed by atoms with E-state index in [1.807, 2.05) is 26.0 Å². The number of nitrogens with zero attached hydrogens (tertiary/aromatic N) is 1. The van der Waals surface area contributed by atoms with E-state index in [4.69, 9.17) is 4.74 Å². The average molecular weight is 405 g/mol. The van der Waals surface area contributed by atoms with Gasteiger partial charge < -0.3 is 20.1 Å². The van der Waals surface area contributed by atoms with Crippen LogP contribution in [0.2, 0.25) is 0 Å². The lowest BCUT2D eigenvalue weighted by atomic mass is 9.99. The number of amides is 1. The molecule has 1 aliphatic heterocycles. The van der Waals surface area contributed by atoms with Crippen LogP contribution in [0.1, 0.15) is 75.2 Å². The van der Waals surface area contributed by atoms with Gasteiger partial charge in [0.2, 0.25) is 5.91 Å². The van der Waals surface area contributed by atoms with Crippen LogP contribution in [0.3, 0.4) is 0 Å². The van der Waals surface area contributed by atoms with Crippen LogP contribution >= 0.6 is 0 Å². The van der Waals surface area contributed by atoms with Crippen LogP contribution in [0.4, 0.5) is 0 Å². The molecule has 1 fully saturated rings. The molecule has 2 atom stereocenters. The summed E-state index contributed by atoms with van der Waals surface area (Å²) in [4.78, 5) is 25.9. The molecule has 0 radical (unpaired) electrons. The summed E-state index contributed by atoms with van der Waals surface area (Å²) in [6.07, 6.45) is 5.08. The Morgan fingerprint density at radius 2 is 2.03 bits per heavy atom. The molecular formula is C23H36N2O4. The standard InChI is InChI=1S/C23H36N2O4/c1-17(6-5-14-23(2,3)28)25-20(11-12-21(25)26)13-15-24-16-18-7-9-19(10-8-18)22(27)29-4/h7-10,17,20,24,28H,5-6,11-16H2,1-4H3/t17-,20-/m1/s1. The second-order valence-electron chi connectivity index (χ2n) is 8.70. The maximum Gasteiger partial charge on any atom is 0.337 e. The third-order valence-corrected chi connectivity index (χ3v) is 5.62. The number of rotatable bonds is 11. The number of carbonyl (C=O) groups excluding carboxylic acids is 2. The maximum atomic E-state index is 12.4. The Kier molecular flexibility index (Phi) is 8.65. The van der Waals surface area contributed by atoms with Gasteiger partial charge in [-0.15, -0.1) is 0 Å². The molecular weight excluding hydrogens is 368 g/mol. The Labute approximate surface area is 174 Å². The van der Waals surface area contributed by atoms with Gasteiger partial charge >= 0.3 is 5.97 Å². The van der Waals surface area contributed by atoms with Crippen LogP contribution in [0.15, 0.2) is 24.3 Å². The van der Waals surface area contributed by atoms with Crippen LogP contribution in [0.25, 0.3) is 0 Å².